The summed E-state index contributed by atoms with van der Waals surface area (Å²) in [4.78, 5) is 53.0. The van der Waals surface area contributed by atoms with Gasteiger partial charge in [-0.1, -0.05) is 12.1 Å². The number of likely N-dealkylation sites (tertiary alicyclic amines) is 1. The minimum atomic E-state index is -1.50. The fourth-order valence-electron chi connectivity index (χ4n) is 6.77. The van der Waals surface area contributed by atoms with Crippen LogP contribution in [0.25, 0.3) is 0 Å². The number of carboxylic acid groups (broad SMARTS) is 1. The third kappa shape index (κ3) is 4.95. The van der Waals surface area contributed by atoms with Crippen LogP contribution in [0.4, 0.5) is 0 Å². The van der Waals surface area contributed by atoms with E-state index in [9.17, 15) is 29.5 Å². The largest absolute Gasteiger partial charge is 0.480 e. The normalized spacial score (nSPS) is 22.2. The second-order valence-corrected chi connectivity index (χ2v) is 11.3. The number of nitrogens with one attached hydrogen (secondary N) is 3. The molecule has 3 amide bonds. The van der Waals surface area contributed by atoms with E-state index in [0.717, 1.165) is 17.5 Å². The highest BCUT2D eigenvalue weighted by atomic mass is 16.4. The summed E-state index contributed by atoms with van der Waals surface area (Å²) in [5.74, 6) is -1.31. The van der Waals surface area contributed by atoms with E-state index in [2.05, 4.69) is 22.0 Å². The minimum Gasteiger partial charge on any atom is -0.480 e. The number of nitriles is 1. The summed E-state index contributed by atoms with van der Waals surface area (Å²) in [6, 6.07) is 11.8. The Morgan fingerprint density at radius 2 is 1.56 bits per heavy atom. The zero-order chi connectivity index (χ0) is 29.5. The molecule has 4 atom stereocenters. The van der Waals surface area contributed by atoms with Gasteiger partial charge in [-0.25, -0.2) is 0 Å². The topological polar surface area (TPSA) is 152 Å². The van der Waals surface area contributed by atoms with Crippen molar-refractivity contribution in [2.75, 3.05) is 20.6 Å². The Morgan fingerprint density at radius 3 is 2.05 bits per heavy atom. The Labute approximate surface area is 239 Å². The van der Waals surface area contributed by atoms with Gasteiger partial charge in [0.25, 0.3) is 11.8 Å². The molecule has 0 aromatic heterocycles. The molecule has 214 valence electrons. The van der Waals surface area contributed by atoms with Crippen molar-refractivity contribution in [3.05, 3.63) is 69.8 Å². The first-order chi connectivity index (χ1) is 19.6. The molecule has 1 saturated carbocycles. The van der Waals surface area contributed by atoms with E-state index in [1.165, 1.54) is 0 Å². The van der Waals surface area contributed by atoms with E-state index in [4.69, 9.17) is 0 Å². The predicted molar refractivity (Wildman–Crippen MR) is 150 cm³/mol. The Kier molecular flexibility index (Phi) is 7.58. The molecule has 2 aromatic carbocycles. The van der Waals surface area contributed by atoms with Gasteiger partial charge >= 0.3 is 5.97 Å². The Balaban J connectivity index is 1.51. The summed E-state index contributed by atoms with van der Waals surface area (Å²) in [6.07, 6.45) is 2.76. The highest BCUT2D eigenvalue weighted by Gasteiger charge is 2.54. The van der Waals surface area contributed by atoms with Crippen molar-refractivity contribution in [1.29, 1.82) is 5.26 Å². The number of hydrogen-bond acceptors (Lipinski definition) is 6. The molecule has 0 unspecified atom stereocenters. The third-order valence-corrected chi connectivity index (χ3v) is 8.89. The molecule has 1 heterocycles. The highest BCUT2D eigenvalue weighted by molar-refractivity contribution is 5.96. The van der Waals surface area contributed by atoms with E-state index in [-0.39, 0.29) is 36.7 Å². The quantitative estimate of drug-likeness (QED) is 0.386. The zero-order valence-corrected chi connectivity index (χ0v) is 23.5. The van der Waals surface area contributed by atoms with E-state index in [1.54, 1.807) is 55.4 Å². The van der Waals surface area contributed by atoms with Crippen LogP contribution >= 0.6 is 0 Å². The van der Waals surface area contributed by atoms with Crippen molar-refractivity contribution >= 4 is 23.7 Å². The maximum absolute atomic E-state index is 13.4. The van der Waals surface area contributed by atoms with Crippen LogP contribution in [0.3, 0.4) is 0 Å². The Morgan fingerprint density at radius 1 is 1.00 bits per heavy atom. The summed E-state index contributed by atoms with van der Waals surface area (Å²) in [6.45, 7) is 1.86. The molecule has 10 nitrogen and oxygen atoms in total. The van der Waals surface area contributed by atoms with Crippen molar-refractivity contribution in [3.8, 4) is 6.07 Å². The average Bonchev–Trinajstić information content (AvgIpc) is 3.67. The second kappa shape index (κ2) is 11.0. The number of aliphatic carboxylic acids is 1. The molecule has 1 aliphatic heterocycles. The Hall–Kier alpha value is -4.23. The maximum Gasteiger partial charge on any atom is 0.318 e. The number of fused-ring (bicyclic) bond motifs is 3. The number of carbonyl (C=O) groups is 4. The van der Waals surface area contributed by atoms with E-state index < -0.39 is 23.5 Å². The average molecular weight is 558 g/mol. The first-order valence-electron chi connectivity index (χ1n) is 14.0. The summed E-state index contributed by atoms with van der Waals surface area (Å²) in [7, 11) is 3.09. The summed E-state index contributed by atoms with van der Waals surface area (Å²) in [5, 5.41) is 28.9. The molecule has 1 saturated heterocycles. The van der Waals surface area contributed by atoms with Crippen molar-refractivity contribution in [2.24, 2.45) is 5.92 Å². The monoisotopic (exact) mass is 557 g/mol. The van der Waals surface area contributed by atoms with Gasteiger partial charge in [-0.2, -0.15) is 5.26 Å². The number of amides is 3. The number of carbonyl (C=O) groups excluding carboxylic acids is 3. The number of piperidine rings is 1. The molecular weight excluding hydrogens is 522 g/mol. The molecule has 4 N–H and O–H groups in total. The van der Waals surface area contributed by atoms with Gasteiger partial charge in [0.05, 0.1) is 12.6 Å². The number of carboxylic acids is 1. The van der Waals surface area contributed by atoms with Gasteiger partial charge in [0.1, 0.15) is 11.5 Å². The van der Waals surface area contributed by atoms with Crippen LogP contribution in [0.5, 0.6) is 0 Å². The standard InChI is InChI=1S/C31H35N5O5/c1-17(35-16-27(37)36-23(15-32)12-22-13-26(22)36)14-31(30(40)41)24-8-6-20(28(38)33-2)10-18(24)4-5-19-11-21(29(39)34-3)7-9-25(19)31/h6-11,17,22-23,26,35H,4-5,12-14,16H2,1-3H3,(H,33,38)(H,34,39)(H,40,41)/t17-,22+,23-,26-/m0/s1. The summed E-state index contributed by atoms with van der Waals surface area (Å²) >= 11 is 0. The SMILES string of the molecule is CNC(=O)c1ccc2c(c1)CCc1cc(C(=O)NC)ccc1C2(C[C@H](C)NCC(=O)N1[C@H](C#N)C[C@@H]2C[C@@H]21)C(=O)O. The van der Waals surface area contributed by atoms with Gasteiger partial charge < -0.3 is 26.0 Å². The molecular formula is C31H35N5O5. The van der Waals surface area contributed by atoms with Crippen LogP contribution in [-0.4, -0.2) is 72.5 Å². The fourth-order valence-corrected chi connectivity index (χ4v) is 6.77. The number of benzene rings is 2. The molecule has 5 rings (SSSR count). The molecule has 2 aromatic rings. The van der Waals surface area contributed by atoms with Crippen LogP contribution in [0.1, 0.15) is 69.2 Å². The second-order valence-electron chi connectivity index (χ2n) is 11.3. The van der Waals surface area contributed by atoms with Crippen LogP contribution < -0.4 is 16.0 Å². The lowest BCUT2D eigenvalue weighted by Gasteiger charge is -2.35. The lowest BCUT2D eigenvalue weighted by Crippen LogP contribution is -2.48. The highest BCUT2D eigenvalue weighted by Crippen LogP contribution is 2.48. The summed E-state index contributed by atoms with van der Waals surface area (Å²) in [5.41, 5.74) is 2.07. The van der Waals surface area contributed by atoms with Crippen LogP contribution in [0, 0.1) is 17.2 Å². The minimum absolute atomic E-state index is 0.00317. The first kappa shape index (κ1) is 28.3. The maximum atomic E-state index is 13.4. The molecule has 2 aliphatic carbocycles. The van der Waals surface area contributed by atoms with Crippen molar-refractivity contribution in [1.82, 2.24) is 20.9 Å². The lowest BCUT2D eigenvalue weighted by atomic mass is 9.68. The molecule has 0 radical (unpaired) electrons. The number of rotatable bonds is 8. The number of nitrogens with zero attached hydrogens (tertiary/aromatic N) is 2. The van der Waals surface area contributed by atoms with Crippen LogP contribution in [-0.2, 0) is 27.8 Å². The molecule has 0 spiro atoms. The van der Waals surface area contributed by atoms with E-state index >= 15 is 0 Å². The predicted octanol–water partition coefficient (Wildman–Crippen LogP) is 1.76. The van der Waals surface area contributed by atoms with Gasteiger partial charge in [0.15, 0.2) is 0 Å². The van der Waals surface area contributed by atoms with E-state index in [1.807, 2.05) is 6.92 Å². The van der Waals surface area contributed by atoms with Crippen LogP contribution in [0.2, 0.25) is 0 Å². The molecule has 3 aliphatic rings. The molecule has 41 heavy (non-hydrogen) atoms. The third-order valence-electron chi connectivity index (χ3n) is 8.89. The fraction of sp³-hybridized carbons (Fsp3) is 0.452. The van der Waals surface area contributed by atoms with Crippen molar-refractivity contribution in [3.63, 3.8) is 0 Å². The van der Waals surface area contributed by atoms with Gasteiger partial charge in [-0.05, 0) is 91.5 Å². The van der Waals surface area contributed by atoms with Crippen LogP contribution in [0.15, 0.2) is 36.4 Å². The zero-order valence-electron chi connectivity index (χ0n) is 23.5. The molecule has 10 heteroatoms. The number of hydrogen-bond donors (Lipinski definition) is 4. The summed E-state index contributed by atoms with van der Waals surface area (Å²) < 4.78 is 0. The molecule has 0 bridgehead atoms. The van der Waals surface area contributed by atoms with Gasteiger partial charge in [-0.15, -0.1) is 0 Å². The van der Waals surface area contributed by atoms with Crippen molar-refractivity contribution in [2.45, 2.75) is 62.6 Å². The Bertz CT molecular complexity index is 1400. The van der Waals surface area contributed by atoms with Gasteiger partial charge in [-0.3, -0.25) is 19.2 Å². The first-order valence-corrected chi connectivity index (χ1v) is 14.0. The molecule has 2 fully saturated rings. The number of aryl methyl sites for hydroxylation is 2. The van der Waals surface area contributed by atoms with Crippen molar-refractivity contribution < 1.29 is 24.3 Å². The van der Waals surface area contributed by atoms with Gasteiger partial charge in [0.2, 0.25) is 5.91 Å². The lowest BCUT2D eigenvalue weighted by molar-refractivity contribution is -0.142. The smallest absolute Gasteiger partial charge is 0.318 e. The van der Waals surface area contributed by atoms with E-state index in [0.29, 0.717) is 47.4 Å². The van der Waals surface area contributed by atoms with Gasteiger partial charge in [0, 0.05) is 37.3 Å².